The quantitative estimate of drug-likeness (QED) is 0.412. The summed E-state index contributed by atoms with van der Waals surface area (Å²) in [5.74, 6) is 0. The molecule has 4 heteroatoms. The number of hydrogen-bond donors (Lipinski definition) is 4. The molecule has 1 aliphatic heterocycles. The lowest BCUT2D eigenvalue weighted by Crippen LogP contribution is -2.21. The van der Waals surface area contributed by atoms with Gasteiger partial charge in [0.05, 0.1) is 13.2 Å². The van der Waals surface area contributed by atoms with Gasteiger partial charge >= 0.3 is 0 Å². The van der Waals surface area contributed by atoms with Crippen LogP contribution >= 0.6 is 0 Å². The van der Waals surface area contributed by atoms with Gasteiger partial charge in [-0.1, -0.05) is 0 Å². The summed E-state index contributed by atoms with van der Waals surface area (Å²) < 4.78 is 0. The van der Waals surface area contributed by atoms with Gasteiger partial charge in [-0.2, -0.15) is 0 Å². The van der Waals surface area contributed by atoms with E-state index in [1.54, 1.807) is 0 Å². The zero-order valence-corrected chi connectivity index (χ0v) is 7.55. The SMILES string of the molecule is C1CCNC1.OCCNCCO. The highest BCUT2D eigenvalue weighted by molar-refractivity contribution is 4.55. The molecule has 0 unspecified atom stereocenters. The predicted molar refractivity (Wildman–Crippen MR) is 49.1 cm³/mol. The van der Waals surface area contributed by atoms with E-state index < -0.39 is 0 Å². The van der Waals surface area contributed by atoms with E-state index in [-0.39, 0.29) is 13.2 Å². The van der Waals surface area contributed by atoms with Crippen LogP contribution in [0.5, 0.6) is 0 Å². The summed E-state index contributed by atoms with van der Waals surface area (Å²) in [7, 11) is 0. The molecule has 0 aromatic carbocycles. The molecule has 0 saturated carbocycles. The van der Waals surface area contributed by atoms with Crippen molar-refractivity contribution >= 4 is 0 Å². The van der Waals surface area contributed by atoms with Crippen molar-refractivity contribution < 1.29 is 10.2 Å². The van der Waals surface area contributed by atoms with Gasteiger partial charge in [0.1, 0.15) is 0 Å². The van der Waals surface area contributed by atoms with Crippen LogP contribution in [0.15, 0.2) is 0 Å². The molecule has 0 amide bonds. The van der Waals surface area contributed by atoms with Crippen molar-refractivity contribution in [2.75, 3.05) is 39.4 Å². The molecule has 0 spiro atoms. The monoisotopic (exact) mass is 176 g/mol. The summed E-state index contributed by atoms with van der Waals surface area (Å²) in [6.45, 7) is 3.92. The maximum atomic E-state index is 8.15. The average Bonchev–Trinajstić information content (AvgIpc) is 2.62. The average molecular weight is 176 g/mol. The van der Waals surface area contributed by atoms with Crippen molar-refractivity contribution in [2.45, 2.75) is 12.8 Å². The number of nitrogens with one attached hydrogen (secondary N) is 2. The Morgan fingerprint density at radius 1 is 1.00 bits per heavy atom. The lowest BCUT2D eigenvalue weighted by Gasteiger charge is -1.94. The van der Waals surface area contributed by atoms with Crippen LogP contribution in [0.25, 0.3) is 0 Å². The van der Waals surface area contributed by atoms with E-state index in [1.165, 1.54) is 25.9 Å². The van der Waals surface area contributed by atoms with Crippen LogP contribution in [-0.4, -0.2) is 49.6 Å². The molecule has 74 valence electrons. The highest BCUT2D eigenvalue weighted by atomic mass is 16.3. The molecule has 12 heavy (non-hydrogen) atoms. The van der Waals surface area contributed by atoms with Gasteiger partial charge in [-0.05, 0) is 25.9 Å². The first-order valence-electron chi connectivity index (χ1n) is 4.55. The minimum absolute atomic E-state index is 0.139. The first-order valence-corrected chi connectivity index (χ1v) is 4.55. The van der Waals surface area contributed by atoms with Crippen molar-refractivity contribution in [3.63, 3.8) is 0 Å². The van der Waals surface area contributed by atoms with Gasteiger partial charge < -0.3 is 20.8 Å². The number of aliphatic hydroxyl groups excluding tert-OH is 2. The second-order valence-corrected chi connectivity index (χ2v) is 2.65. The lowest BCUT2D eigenvalue weighted by molar-refractivity contribution is 0.267. The van der Waals surface area contributed by atoms with Gasteiger partial charge in [0.25, 0.3) is 0 Å². The summed E-state index contributed by atoms with van der Waals surface area (Å²) in [5, 5.41) is 22.3. The molecular weight excluding hydrogens is 156 g/mol. The Morgan fingerprint density at radius 3 is 1.75 bits per heavy atom. The van der Waals surface area contributed by atoms with E-state index in [1.807, 2.05) is 0 Å². The second-order valence-electron chi connectivity index (χ2n) is 2.65. The fourth-order valence-electron chi connectivity index (χ4n) is 0.908. The Morgan fingerprint density at radius 2 is 1.50 bits per heavy atom. The Balaban J connectivity index is 0.000000211. The van der Waals surface area contributed by atoms with E-state index in [9.17, 15) is 0 Å². The molecular formula is C8H20N2O2. The molecule has 0 aromatic heterocycles. The predicted octanol–water partition coefficient (Wildman–Crippen LogP) is -1.07. The summed E-state index contributed by atoms with van der Waals surface area (Å²) >= 11 is 0. The molecule has 1 rings (SSSR count). The summed E-state index contributed by atoms with van der Waals surface area (Å²) in [5.41, 5.74) is 0. The molecule has 0 bridgehead atoms. The van der Waals surface area contributed by atoms with E-state index in [0.29, 0.717) is 13.1 Å². The Labute approximate surface area is 74.0 Å². The molecule has 1 fully saturated rings. The zero-order valence-electron chi connectivity index (χ0n) is 7.55. The van der Waals surface area contributed by atoms with E-state index in [0.717, 1.165) is 0 Å². The maximum Gasteiger partial charge on any atom is 0.0555 e. The van der Waals surface area contributed by atoms with Crippen molar-refractivity contribution in [3.05, 3.63) is 0 Å². The van der Waals surface area contributed by atoms with Gasteiger partial charge in [-0.15, -0.1) is 0 Å². The van der Waals surface area contributed by atoms with Gasteiger partial charge in [-0.3, -0.25) is 0 Å². The number of hydrogen-bond acceptors (Lipinski definition) is 4. The van der Waals surface area contributed by atoms with Gasteiger partial charge in [0, 0.05) is 13.1 Å². The highest BCUT2D eigenvalue weighted by Gasteiger charge is 1.93. The molecule has 0 aromatic rings. The zero-order chi connectivity index (χ0) is 9.07. The Hall–Kier alpha value is -0.160. The highest BCUT2D eigenvalue weighted by Crippen LogP contribution is 1.90. The van der Waals surface area contributed by atoms with Gasteiger partial charge in [-0.25, -0.2) is 0 Å². The molecule has 4 nitrogen and oxygen atoms in total. The topological polar surface area (TPSA) is 64.5 Å². The second kappa shape index (κ2) is 10.8. The van der Waals surface area contributed by atoms with Crippen molar-refractivity contribution in [3.8, 4) is 0 Å². The maximum absolute atomic E-state index is 8.15. The summed E-state index contributed by atoms with van der Waals surface area (Å²) in [6.07, 6.45) is 2.78. The van der Waals surface area contributed by atoms with Crippen LogP contribution in [-0.2, 0) is 0 Å². The summed E-state index contributed by atoms with van der Waals surface area (Å²) in [6, 6.07) is 0. The van der Waals surface area contributed by atoms with Crippen LogP contribution in [0.2, 0.25) is 0 Å². The first-order chi connectivity index (χ1) is 5.91. The van der Waals surface area contributed by atoms with E-state index in [2.05, 4.69) is 10.6 Å². The largest absolute Gasteiger partial charge is 0.395 e. The van der Waals surface area contributed by atoms with Crippen LogP contribution in [0.1, 0.15) is 12.8 Å². The summed E-state index contributed by atoms with van der Waals surface area (Å²) in [4.78, 5) is 0. The minimum atomic E-state index is 0.139. The number of aliphatic hydroxyl groups is 2. The third kappa shape index (κ3) is 9.84. The number of rotatable bonds is 4. The van der Waals surface area contributed by atoms with E-state index in [4.69, 9.17) is 10.2 Å². The van der Waals surface area contributed by atoms with Gasteiger partial charge in [0.2, 0.25) is 0 Å². The molecule has 1 heterocycles. The Bertz CT molecular complexity index is 65.8. The fourth-order valence-corrected chi connectivity index (χ4v) is 0.908. The standard InChI is InChI=1S/C4H11NO2.C4H9N/c6-3-1-5-2-4-7;1-2-4-5-3-1/h5-7H,1-4H2;5H,1-4H2. The Kier molecular flexibility index (Phi) is 10.7. The van der Waals surface area contributed by atoms with Crippen LogP contribution < -0.4 is 10.6 Å². The molecule has 0 radical (unpaired) electrons. The molecule has 0 atom stereocenters. The molecule has 1 saturated heterocycles. The normalized spacial score (nSPS) is 15.5. The third-order valence-electron chi connectivity index (χ3n) is 1.53. The minimum Gasteiger partial charge on any atom is -0.395 e. The van der Waals surface area contributed by atoms with Crippen LogP contribution in [0.4, 0.5) is 0 Å². The first kappa shape index (κ1) is 11.8. The smallest absolute Gasteiger partial charge is 0.0555 e. The lowest BCUT2D eigenvalue weighted by atomic mass is 10.4. The fraction of sp³-hybridized carbons (Fsp3) is 1.00. The van der Waals surface area contributed by atoms with Crippen molar-refractivity contribution in [1.82, 2.24) is 10.6 Å². The van der Waals surface area contributed by atoms with Crippen LogP contribution in [0, 0.1) is 0 Å². The van der Waals surface area contributed by atoms with Gasteiger partial charge in [0.15, 0.2) is 0 Å². The van der Waals surface area contributed by atoms with Crippen molar-refractivity contribution in [2.24, 2.45) is 0 Å². The van der Waals surface area contributed by atoms with E-state index >= 15 is 0 Å². The third-order valence-corrected chi connectivity index (χ3v) is 1.53. The molecule has 4 N–H and O–H groups in total. The van der Waals surface area contributed by atoms with Crippen molar-refractivity contribution in [1.29, 1.82) is 0 Å². The molecule has 1 aliphatic rings. The van der Waals surface area contributed by atoms with Crippen LogP contribution in [0.3, 0.4) is 0 Å². The molecule has 0 aliphatic carbocycles.